The van der Waals surface area contributed by atoms with Crippen LogP contribution in [0.4, 0.5) is 11.4 Å². The van der Waals surface area contributed by atoms with Gasteiger partial charge in [-0.25, -0.2) is 9.96 Å². The topological polar surface area (TPSA) is 49.9 Å². The fourth-order valence-corrected chi connectivity index (χ4v) is 5.05. The van der Waals surface area contributed by atoms with Gasteiger partial charge in [0.05, 0.1) is 22.4 Å². The SMILES string of the molecule is O=C1[C@H]2[C@@H](c3cccc(Br)c3)N(c3ccccc3)O[C@H]2C(=O)N1c1ccc(Cl)cc1Cl. The van der Waals surface area contributed by atoms with Crippen LogP contribution in [-0.2, 0) is 14.4 Å². The van der Waals surface area contributed by atoms with Crippen LogP contribution in [0.15, 0.2) is 77.3 Å². The Kier molecular flexibility index (Phi) is 5.26. The van der Waals surface area contributed by atoms with E-state index in [1.807, 2.05) is 54.6 Å². The van der Waals surface area contributed by atoms with E-state index in [4.69, 9.17) is 28.0 Å². The number of nitrogens with zero attached hydrogens (tertiary/aromatic N) is 2. The van der Waals surface area contributed by atoms with E-state index in [2.05, 4.69) is 15.9 Å². The average Bonchev–Trinajstić information content (AvgIpc) is 3.26. The van der Waals surface area contributed by atoms with Gasteiger partial charge in [0.15, 0.2) is 6.10 Å². The molecular weight excluding hydrogens is 503 g/mol. The van der Waals surface area contributed by atoms with Gasteiger partial charge in [0.1, 0.15) is 5.92 Å². The number of fused-ring (bicyclic) bond motifs is 1. The van der Waals surface area contributed by atoms with Crippen LogP contribution >= 0.6 is 39.1 Å². The first kappa shape index (κ1) is 20.5. The first-order valence-corrected chi connectivity index (χ1v) is 11.1. The fraction of sp³-hybridized carbons (Fsp3) is 0.130. The number of carbonyl (C=O) groups excluding carboxylic acids is 2. The Balaban J connectivity index is 1.60. The average molecular weight is 518 g/mol. The van der Waals surface area contributed by atoms with Crippen molar-refractivity contribution in [1.82, 2.24) is 0 Å². The molecule has 8 heteroatoms. The van der Waals surface area contributed by atoms with Crippen molar-refractivity contribution in [1.29, 1.82) is 0 Å². The van der Waals surface area contributed by atoms with Gasteiger partial charge in [0, 0.05) is 9.50 Å². The van der Waals surface area contributed by atoms with Crippen molar-refractivity contribution < 1.29 is 14.4 Å². The van der Waals surface area contributed by atoms with Gasteiger partial charge in [0.2, 0.25) is 5.91 Å². The van der Waals surface area contributed by atoms with Crippen LogP contribution in [0.25, 0.3) is 0 Å². The lowest BCUT2D eigenvalue weighted by Crippen LogP contribution is -2.37. The number of hydroxylamine groups is 1. The molecule has 0 saturated carbocycles. The number of rotatable bonds is 3. The summed E-state index contributed by atoms with van der Waals surface area (Å²) in [7, 11) is 0. The van der Waals surface area contributed by atoms with E-state index in [0.29, 0.717) is 10.7 Å². The van der Waals surface area contributed by atoms with E-state index in [1.54, 1.807) is 17.2 Å². The summed E-state index contributed by atoms with van der Waals surface area (Å²) in [6, 6.07) is 21.3. The van der Waals surface area contributed by atoms with Gasteiger partial charge in [-0.15, -0.1) is 0 Å². The van der Waals surface area contributed by atoms with Crippen molar-refractivity contribution in [3.05, 3.63) is 92.9 Å². The van der Waals surface area contributed by atoms with Crippen LogP contribution in [-0.4, -0.2) is 17.9 Å². The minimum Gasteiger partial charge on any atom is -0.273 e. The molecule has 5 rings (SSSR count). The predicted octanol–water partition coefficient (Wildman–Crippen LogP) is 5.81. The van der Waals surface area contributed by atoms with Crippen molar-refractivity contribution in [2.24, 2.45) is 5.92 Å². The molecule has 0 radical (unpaired) electrons. The maximum absolute atomic E-state index is 13.6. The van der Waals surface area contributed by atoms with Crippen molar-refractivity contribution >= 4 is 62.3 Å². The minimum absolute atomic E-state index is 0.230. The zero-order valence-electron chi connectivity index (χ0n) is 15.9. The third-order valence-electron chi connectivity index (χ3n) is 5.47. The maximum atomic E-state index is 13.6. The van der Waals surface area contributed by atoms with Gasteiger partial charge in [-0.1, -0.05) is 69.5 Å². The Morgan fingerprint density at radius 1 is 0.871 bits per heavy atom. The van der Waals surface area contributed by atoms with Crippen molar-refractivity contribution in [3.63, 3.8) is 0 Å². The molecule has 3 aromatic carbocycles. The van der Waals surface area contributed by atoms with E-state index in [9.17, 15) is 9.59 Å². The molecule has 3 aromatic rings. The Morgan fingerprint density at radius 3 is 2.35 bits per heavy atom. The molecule has 31 heavy (non-hydrogen) atoms. The quantitative estimate of drug-likeness (QED) is 0.411. The molecule has 2 amide bonds. The zero-order chi connectivity index (χ0) is 21.7. The number of anilines is 2. The number of hydrogen-bond acceptors (Lipinski definition) is 4. The number of amides is 2. The Labute approximate surface area is 197 Å². The summed E-state index contributed by atoms with van der Waals surface area (Å²) in [5.74, 6) is -1.53. The largest absolute Gasteiger partial charge is 0.273 e. The second-order valence-corrected chi connectivity index (χ2v) is 9.08. The highest BCUT2D eigenvalue weighted by atomic mass is 79.9. The lowest BCUT2D eigenvalue weighted by Gasteiger charge is -2.29. The number of imide groups is 1. The molecule has 2 fully saturated rings. The molecule has 0 unspecified atom stereocenters. The highest BCUT2D eigenvalue weighted by Gasteiger charge is 2.60. The molecule has 2 aliphatic rings. The van der Waals surface area contributed by atoms with Gasteiger partial charge in [0.25, 0.3) is 5.91 Å². The molecule has 2 saturated heterocycles. The van der Waals surface area contributed by atoms with E-state index in [-0.39, 0.29) is 10.9 Å². The Bertz CT molecular complexity index is 1190. The first-order valence-electron chi connectivity index (χ1n) is 9.55. The number of benzene rings is 3. The highest BCUT2D eigenvalue weighted by molar-refractivity contribution is 9.10. The predicted molar refractivity (Wildman–Crippen MR) is 123 cm³/mol. The molecule has 5 nitrogen and oxygen atoms in total. The van der Waals surface area contributed by atoms with Crippen molar-refractivity contribution in [2.75, 3.05) is 9.96 Å². The molecular formula is C23H15BrCl2N2O3. The van der Waals surface area contributed by atoms with Gasteiger partial charge in [-0.2, -0.15) is 0 Å². The van der Waals surface area contributed by atoms with E-state index in [1.165, 1.54) is 6.07 Å². The lowest BCUT2D eigenvalue weighted by atomic mass is 9.90. The summed E-state index contributed by atoms with van der Waals surface area (Å²) in [5.41, 5.74) is 1.92. The van der Waals surface area contributed by atoms with Crippen molar-refractivity contribution in [2.45, 2.75) is 12.1 Å². The van der Waals surface area contributed by atoms with E-state index in [0.717, 1.165) is 20.6 Å². The molecule has 3 atom stereocenters. The molecule has 2 aliphatic heterocycles. The Morgan fingerprint density at radius 2 is 1.65 bits per heavy atom. The maximum Gasteiger partial charge on any atom is 0.266 e. The molecule has 0 aromatic heterocycles. The van der Waals surface area contributed by atoms with Gasteiger partial charge >= 0.3 is 0 Å². The standard InChI is InChI=1S/C23H15BrCl2N2O3/c24-14-6-4-5-13(11-14)20-19-21(31-28(20)16-7-2-1-3-8-16)23(30)27(22(19)29)18-10-9-15(25)12-17(18)26/h1-12,19-21H/t19-,20+,21+/m0/s1. The van der Waals surface area contributed by atoms with Gasteiger partial charge < -0.3 is 0 Å². The summed E-state index contributed by atoms with van der Waals surface area (Å²) in [6.07, 6.45) is -0.955. The summed E-state index contributed by atoms with van der Waals surface area (Å²) in [4.78, 5) is 34.1. The number of para-hydroxylation sites is 1. The number of hydrogen-bond donors (Lipinski definition) is 0. The Hall–Kier alpha value is -2.38. The molecule has 0 N–H and O–H groups in total. The van der Waals surface area contributed by atoms with Crippen LogP contribution in [0.3, 0.4) is 0 Å². The van der Waals surface area contributed by atoms with E-state index < -0.39 is 24.0 Å². The normalized spacial score (nSPS) is 22.9. The van der Waals surface area contributed by atoms with E-state index >= 15 is 0 Å². The second-order valence-electron chi connectivity index (χ2n) is 7.32. The third-order valence-corrected chi connectivity index (χ3v) is 6.50. The molecule has 0 bridgehead atoms. The minimum atomic E-state index is -0.955. The molecule has 2 heterocycles. The van der Waals surface area contributed by atoms with Gasteiger partial charge in [-0.3, -0.25) is 14.4 Å². The number of carbonyl (C=O) groups is 2. The number of halogens is 3. The monoisotopic (exact) mass is 516 g/mol. The van der Waals surface area contributed by atoms with Gasteiger partial charge in [-0.05, 0) is 48.0 Å². The first-order chi connectivity index (χ1) is 15.0. The summed E-state index contributed by atoms with van der Waals surface area (Å²) in [6.45, 7) is 0. The molecule has 0 spiro atoms. The fourth-order valence-electron chi connectivity index (χ4n) is 4.14. The molecule has 156 valence electrons. The highest BCUT2D eigenvalue weighted by Crippen LogP contribution is 2.48. The summed E-state index contributed by atoms with van der Waals surface area (Å²) >= 11 is 15.8. The van der Waals surface area contributed by atoms with Crippen LogP contribution in [0.2, 0.25) is 10.0 Å². The summed E-state index contributed by atoms with van der Waals surface area (Å²) < 4.78 is 0.871. The zero-order valence-corrected chi connectivity index (χ0v) is 19.0. The lowest BCUT2D eigenvalue weighted by molar-refractivity contribution is -0.126. The van der Waals surface area contributed by atoms with Crippen molar-refractivity contribution in [3.8, 4) is 0 Å². The van der Waals surface area contributed by atoms with Crippen LogP contribution < -0.4 is 9.96 Å². The second kappa shape index (κ2) is 7.95. The van der Waals surface area contributed by atoms with Crippen LogP contribution in [0, 0.1) is 5.92 Å². The smallest absolute Gasteiger partial charge is 0.266 e. The van der Waals surface area contributed by atoms with Crippen LogP contribution in [0.1, 0.15) is 11.6 Å². The molecule has 0 aliphatic carbocycles. The van der Waals surface area contributed by atoms with Crippen LogP contribution in [0.5, 0.6) is 0 Å². The summed E-state index contributed by atoms with van der Waals surface area (Å²) in [5, 5.41) is 2.31. The third kappa shape index (κ3) is 3.44.